The second kappa shape index (κ2) is 8.55. The molecule has 3 aromatic rings. The maximum atomic E-state index is 11.1. The van der Waals surface area contributed by atoms with Gasteiger partial charge in [-0.05, 0) is 37.4 Å². The predicted molar refractivity (Wildman–Crippen MR) is 105 cm³/mol. The van der Waals surface area contributed by atoms with Crippen LogP contribution in [0.4, 0.5) is 4.79 Å². The maximum absolute atomic E-state index is 11.1. The first-order chi connectivity index (χ1) is 13.1. The summed E-state index contributed by atoms with van der Waals surface area (Å²) in [5.74, 6) is 1.78. The fourth-order valence-corrected chi connectivity index (χ4v) is 2.90. The number of carbonyl (C=O) groups excluding carboxylic acids is 1. The number of amides is 1. The number of imidazole rings is 1. The second-order valence-corrected chi connectivity index (χ2v) is 6.06. The molecule has 27 heavy (non-hydrogen) atoms. The molecule has 2 aromatic carbocycles. The van der Waals surface area contributed by atoms with Crippen LogP contribution in [-0.2, 0) is 0 Å². The van der Waals surface area contributed by atoms with Crippen LogP contribution in [0.3, 0.4) is 0 Å². The average molecular weight is 368 g/mol. The number of primary amides is 1. The number of nitrogens with two attached hydrogens (primary N) is 1. The largest absolute Gasteiger partial charge is 0.492 e. The summed E-state index contributed by atoms with van der Waals surface area (Å²) in [6.07, 6.45) is -0.865. The van der Waals surface area contributed by atoms with E-state index in [2.05, 4.69) is 28.7 Å². The van der Waals surface area contributed by atoms with Crippen molar-refractivity contribution < 1.29 is 14.3 Å². The van der Waals surface area contributed by atoms with Gasteiger partial charge < -0.3 is 25.1 Å². The van der Waals surface area contributed by atoms with Crippen LogP contribution < -0.4 is 15.2 Å². The number of nitrogens with one attached hydrogen (secondary N) is 1. The van der Waals surface area contributed by atoms with E-state index in [4.69, 9.17) is 15.2 Å². The number of para-hydroxylation sites is 1. The number of carbonyl (C=O) groups is 1. The normalized spacial score (nSPS) is 11.1. The zero-order valence-electron chi connectivity index (χ0n) is 15.6. The smallest absolute Gasteiger partial charge is 0.410 e. The molecule has 0 saturated carbocycles. The summed E-state index contributed by atoms with van der Waals surface area (Å²) in [6, 6.07) is 13.0. The zero-order valence-corrected chi connectivity index (χ0v) is 15.6. The molecule has 0 radical (unpaired) electrons. The summed E-state index contributed by atoms with van der Waals surface area (Å²) in [7, 11) is 0. The average Bonchev–Trinajstić information content (AvgIpc) is 3.11. The van der Waals surface area contributed by atoms with E-state index < -0.39 is 6.09 Å². The van der Waals surface area contributed by atoms with Gasteiger partial charge in [0.1, 0.15) is 23.7 Å². The van der Waals surface area contributed by atoms with Crippen molar-refractivity contribution in [3.8, 4) is 22.9 Å². The van der Waals surface area contributed by atoms with Gasteiger partial charge in [0.05, 0.1) is 5.52 Å². The summed E-state index contributed by atoms with van der Waals surface area (Å²) in [5.41, 5.74) is 7.32. The summed E-state index contributed by atoms with van der Waals surface area (Å²) >= 11 is 0. The Bertz CT molecular complexity index is 918. The second-order valence-electron chi connectivity index (χ2n) is 6.06. The van der Waals surface area contributed by atoms with Crippen molar-refractivity contribution in [1.29, 1.82) is 0 Å². The molecule has 7 nitrogen and oxygen atoms in total. The summed E-state index contributed by atoms with van der Waals surface area (Å²) in [5, 5.41) is 0. The van der Waals surface area contributed by atoms with Crippen molar-refractivity contribution in [2.24, 2.45) is 5.73 Å². The fraction of sp³-hybridized carbons (Fsp3) is 0.300. The molecule has 0 fully saturated rings. The van der Waals surface area contributed by atoms with E-state index in [1.807, 2.05) is 30.3 Å². The number of benzene rings is 2. The van der Waals surface area contributed by atoms with Crippen molar-refractivity contribution in [2.45, 2.75) is 13.8 Å². The number of likely N-dealkylation sites (N-methyl/N-ethyl adjacent to an activating group) is 1. The molecular weight excluding hydrogens is 344 g/mol. The highest BCUT2D eigenvalue weighted by Crippen LogP contribution is 2.28. The molecular formula is C20H24N4O3. The first-order valence-corrected chi connectivity index (χ1v) is 9.02. The minimum Gasteiger partial charge on any atom is -0.492 e. The van der Waals surface area contributed by atoms with Gasteiger partial charge in [-0.3, -0.25) is 0 Å². The fourth-order valence-electron chi connectivity index (χ4n) is 2.90. The number of ether oxygens (including phenoxy) is 2. The molecule has 1 amide bonds. The third-order valence-corrected chi connectivity index (χ3v) is 4.36. The topological polar surface area (TPSA) is 93.5 Å². The Kier molecular flexibility index (Phi) is 5.93. The quantitative estimate of drug-likeness (QED) is 0.635. The van der Waals surface area contributed by atoms with E-state index >= 15 is 0 Å². The Morgan fingerprint density at radius 3 is 2.70 bits per heavy atom. The number of H-pyrrole nitrogens is 1. The number of nitrogens with zero attached hydrogens (tertiary/aromatic N) is 2. The van der Waals surface area contributed by atoms with E-state index in [0.29, 0.717) is 23.7 Å². The van der Waals surface area contributed by atoms with Crippen LogP contribution >= 0.6 is 0 Å². The first kappa shape index (κ1) is 18.7. The van der Waals surface area contributed by atoms with Gasteiger partial charge in [-0.2, -0.15) is 0 Å². The minimum absolute atomic E-state index is 0.328. The third kappa shape index (κ3) is 4.57. The van der Waals surface area contributed by atoms with Gasteiger partial charge in [-0.25, -0.2) is 9.78 Å². The lowest BCUT2D eigenvalue weighted by atomic mass is 10.2. The van der Waals surface area contributed by atoms with Crippen molar-refractivity contribution in [3.05, 3.63) is 42.5 Å². The van der Waals surface area contributed by atoms with Gasteiger partial charge >= 0.3 is 6.09 Å². The lowest BCUT2D eigenvalue weighted by Gasteiger charge is -2.18. The molecule has 0 spiro atoms. The summed E-state index contributed by atoms with van der Waals surface area (Å²) < 4.78 is 10.9. The van der Waals surface area contributed by atoms with Gasteiger partial charge in [0.2, 0.25) is 0 Å². The van der Waals surface area contributed by atoms with E-state index in [0.717, 1.165) is 36.5 Å². The highest BCUT2D eigenvalue weighted by Gasteiger charge is 2.12. The zero-order chi connectivity index (χ0) is 19.2. The monoisotopic (exact) mass is 368 g/mol. The predicted octanol–water partition coefficient (Wildman–Crippen LogP) is 3.41. The van der Waals surface area contributed by atoms with E-state index in [1.165, 1.54) is 0 Å². The molecule has 3 rings (SSSR count). The lowest BCUT2D eigenvalue weighted by molar-refractivity contribution is 0.211. The third-order valence-electron chi connectivity index (χ3n) is 4.36. The highest BCUT2D eigenvalue weighted by atomic mass is 16.5. The Balaban J connectivity index is 1.79. The van der Waals surface area contributed by atoms with E-state index in [9.17, 15) is 4.79 Å². The van der Waals surface area contributed by atoms with Crippen LogP contribution in [0.25, 0.3) is 22.4 Å². The van der Waals surface area contributed by atoms with Crippen LogP contribution in [0.1, 0.15) is 13.8 Å². The van der Waals surface area contributed by atoms with Crippen molar-refractivity contribution >= 4 is 17.1 Å². The lowest BCUT2D eigenvalue weighted by Crippen LogP contribution is -2.27. The van der Waals surface area contributed by atoms with Crippen LogP contribution in [-0.4, -0.2) is 47.2 Å². The Morgan fingerprint density at radius 2 is 1.96 bits per heavy atom. The van der Waals surface area contributed by atoms with Crippen LogP contribution in [0.2, 0.25) is 0 Å². The van der Waals surface area contributed by atoms with Gasteiger partial charge in [-0.1, -0.05) is 32.0 Å². The van der Waals surface area contributed by atoms with Gasteiger partial charge in [-0.15, -0.1) is 0 Å². The molecule has 7 heteroatoms. The molecule has 0 aliphatic rings. The number of aromatic amines is 1. The van der Waals surface area contributed by atoms with Gasteiger partial charge in [0, 0.05) is 12.1 Å². The molecule has 142 valence electrons. The van der Waals surface area contributed by atoms with Crippen LogP contribution in [0.15, 0.2) is 42.5 Å². The number of aromatic nitrogens is 2. The molecule has 1 aromatic heterocycles. The summed E-state index contributed by atoms with van der Waals surface area (Å²) in [4.78, 5) is 21.2. The number of hydrogen-bond acceptors (Lipinski definition) is 5. The number of fused-ring (bicyclic) bond motifs is 1. The number of rotatable bonds is 8. The van der Waals surface area contributed by atoms with Gasteiger partial charge in [0.15, 0.2) is 5.75 Å². The van der Waals surface area contributed by atoms with Gasteiger partial charge in [0.25, 0.3) is 0 Å². The first-order valence-electron chi connectivity index (χ1n) is 9.02. The summed E-state index contributed by atoms with van der Waals surface area (Å²) in [6.45, 7) is 7.81. The van der Waals surface area contributed by atoms with E-state index in [-0.39, 0.29) is 0 Å². The Morgan fingerprint density at radius 1 is 1.19 bits per heavy atom. The van der Waals surface area contributed by atoms with Crippen molar-refractivity contribution in [2.75, 3.05) is 26.2 Å². The van der Waals surface area contributed by atoms with Crippen molar-refractivity contribution in [1.82, 2.24) is 14.9 Å². The molecule has 0 atom stereocenters. The molecule has 0 saturated heterocycles. The molecule has 1 heterocycles. The SMILES string of the molecule is CCN(CC)CCOc1cccc(-c2nc3c(OC(N)=O)cccc3[nH]2)c1. The minimum atomic E-state index is -0.865. The molecule has 0 aliphatic heterocycles. The Labute approximate surface area is 158 Å². The molecule has 0 unspecified atom stereocenters. The Hall–Kier alpha value is -3.06. The van der Waals surface area contributed by atoms with Crippen LogP contribution in [0.5, 0.6) is 11.5 Å². The van der Waals surface area contributed by atoms with Crippen molar-refractivity contribution in [3.63, 3.8) is 0 Å². The maximum Gasteiger partial charge on any atom is 0.410 e. The standard InChI is InChI=1S/C20H24N4O3/c1-3-24(4-2)11-12-26-15-8-5-7-14(13-15)19-22-16-9-6-10-17(18(16)23-19)27-20(21)25/h5-10,13H,3-4,11-12H2,1-2H3,(H2,21,25)(H,22,23). The molecule has 0 aliphatic carbocycles. The molecule has 0 bridgehead atoms. The molecule has 3 N–H and O–H groups in total. The van der Waals surface area contributed by atoms with Crippen LogP contribution in [0, 0.1) is 0 Å². The number of hydrogen-bond donors (Lipinski definition) is 2. The van der Waals surface area contributed by atoms with E-state index in [1.54, 1.807) is 12.1 Å². The highest BCUT2D eigenvalue weighted by molar-refractivity contribution is 5.87.